The molecule has 0 radical (unpaired) electrons. The van der Waals surface area contributed by atoms with Gasteiger partial charge < -0.3 is 4.90 Å². The maximum Gasteiger partial charge on any atom is 0.274 e. The van der Waals surface area contributed by atoms with E-state index in [1.165, 1.54) is 5.69 Å². The minimum absolute atomic E-state index is 0.401. The number of hydrogen-bond acceptors (Lipinski definition) is 4. The van der Waals surface area contributed by atoms with Gasteiger partial charge in [-0.1, -0.05) is 18.2 Å². The molecule has 0 bridgehead atoms. The Balaban J connectivity index is 1.67. The standard InChI is InChI=1S/C13H22N4O2S/c14-20(18,19)15-7-4-8-16-9-11-17(12-10-16)13-5-2-1-3-6-13/h1-3,5-6,15H,4,7-12H2,(H2,14,18,19). The second-order valence-electron chi connectivity index (χ2n) is 4.96. The summed E-state index contributed by atoms with van der Waals surface area (Å²) in [5.41, 5.74) is 1.27. The highest BCUT2D eigenvalue weighted by molar-refractivity contribution is 7.87. The van der Waals surface area contributed by atoms with Gasteiger partial charge in [0.05, 0.1) is 0 Å². The number of hydrogen-bond donors (Lipinski definition) is 2. The van der Waals surface area contributed by atoms with Crippen molar-refractivity contribution in [3.63, 3.8) is 0 Å². The Morgan fingerprint density at radius 3 is 2.35 bits per heavy atom. The summed E-state index contributed by atoms with van der Waals surface area (Å²) in [6.45, 7) is 5.32. The molecule has 1 aromatic rings. The normalized spacial score (nSPS) is 17.4. The number of anilines is 1. The van der Waals surface area contributed by atoms with E-state index in [4.69, 9.17) is 5.14 Å². The molecule has 0 saturated carbocycles. The van der Waals surface area contributed by atoms with Gasteiger partial charge in [0.25, 0.3) is 10.2 Å². The SMILES string of the molecule is NS(=O)(=O)NCCCN1CCN(c2ccccc2)CC1. The molecule has 1 aliphatic heterocycles. The van der Waals surface area contributed by atoms with Crippen molar-refractivity contribution in [1.29, 1.82) is 0 Å². The van der Waals surface area contributed by atoms with Crippen molar-refractivity contribution in [3.05, 3.63) is 30.3 Å². The fourth-order valence-corrected chi connectivity index (χ4v) is 2.81. The summed E-state index contributed by atoms with van der Waals surface area (Å²) in [5, 5.41) is 4.88. The molecular weight excluding hydrogens is 276 g/mol. The number of benzene rings is 1. The number of piperazine rings is 1. The Kier molecular flexibility index (Phi) is 5.36. The van der Waals surface area contributed by atoms with E-state index in [-0.39, 0.29) is 0 Å². The smallest absolute Gasteiger partial charge is 0.274 e. The van der Waals surface area contributed by atoms with Crippen LogP contribution in [0.3, 0.4) is 0 Å². The van der Waals surface area contributed by atoms with E-state index in [2.05, 4.69) is 38.8 Å². The van der Waals surface area contributed by atoms with Gasteiger partial charge in [0.15, 0.2) is 0 Å². The molecule has 6 nitrogen and oxygen atoms in total. The maximum atomic E-state index is 10.7. The van der Waals surface area contributed by atoms with Crippen LogP contribution in [-0.2, 0) is 10.2 Å². The van der Waals surface area contributed by atoms with Crippen LogP contribution in [0.2, 0.25) is 0 Å². The summed E-state index contributed by atoms with van der Waals surface area (Å²) in [7, 11) is -3.55. The van der Waals surface area contributed by atoms with Gasteiger partial charge in [-0.05, 0) is 25.1 Å². The molecule has 3 N–H and O–H groups in total. The molecule has 1 fully saturated rings. The van der Waals surface area contributed by atoms with Crippen LogP contribution in [0.4, 0.5) is 5.69 Å². The van der Waals surface area contributed by atoms with Gasteiger partial charge in [0.1, 0.15) is 0 Å². The number of para-hydroxylation sites is 1. The van der Waals surface area contributed by atoms with Gasteiger partial charge in [0.2, 0.25) is 0 Å². The van der Waals surface area contributed by atoms with E-state index in [1.807, 2.05) is 6.07 Å². The lowest BCUT2D eigenvalue weighted by Gasteiger charge is -2.36. The van der Waals surface area contributed by atoms with Gasteiger partial charge in [0, 0.05) is 38.4 Å². The highest BCUT2D eigenvalue weighted by atomic mass is 32.2. The first-order chi connectivity index (χ1) is 9.54. The van der Waals surface area contributed by atoms with Gasteiger partial charge in [-0.3, -0.25) is 4.90 Å². The quantitative estimate of drug-likeness (QED) is 0.724. The van der Waals surface area contributed by atoms with Crippen LogP contribution >= 0.6 is 0 Å². The van der Waals surface area contributed by atoms with Crippen LogP contribution in [-0.4, -0.2) is 52.6 Å². The number of rotatable bonds is 6. The monoisotopic (exact) mass is 298 g/mol. The van der Waals surface area contributed by atoms with Crippen molar-refractivity contribution in [2.24, 2.45) is 5.14 Å². The van der Waals surface area contributed by atoms with Crippen molar-refractivity contribution in [2.45, 2.75) is 6.42 Å². The van der Waals surface area contributed by atoms with Crippen LogP contribution in [0.5, 0.6) is 0 Å². The van der Waals surface area contributed by atoms with E-state index in [9.17, 15) is 8.42 Å². The first kappa shape index (κ1) is 15.2. The minimum Gasteiger partial charge on any atom is -0.369 e. The fourth-order valence-electron chi connectivity index (χ4n) is 2.39. The predicted octanol–water partition coefficient (Wildman–Crippen LogP) is -0.00820. The highest BCUT2D eigenvalue weighted by Gasteiger charge is 2.16. The first-order valence-electron chi connectivity index (χ1n) is 6.84. The Labute approximate surface area is 120 Å². The Morgan fingerprint density at radius 1 is 1.10 bits per heavy atom. The lowest BCUT2D eigenvalue weighted by molar-refractivity contribution is 0.255. The third kappa shape index (κ3) is 5.09. The summed E-state index contributed by atoms with van der Waals surface area (Å²) >= 11 is 0. The molecule has 0 aliphatic carbocycles. The zero-order valence-electron chi connectivity index (χ0n) is 11.5. The molecule has 7 heteroatoms. The number of nitrogens with zero attached hydrogens (tertiary/aromatic N) is 2. The Hall–Kier alpha value is -1.15. The third-order valence-corrected chi connectivity index (χ3v) is 4.05. The molecule has 2 rings (SSSR count). The van der Waals surface area contributed by atoms with Crippen LogP contribution in [0.1, 0.15) is 6.42 Å². The lowest BCUT2D eigenvalue weighted by Crippen LogP contribution is -2.47. The van der Waals surface area contributed by atoms with E-state index >= 15 is 0 Å². The summed E-state index contributed by atoms with van der Waals surface area (Å²) in [6.07, 6.45) is 0.780. The van der Waals surface area contributed by atoms with Crippen molar-refractivity contribution in [2.75, 3.05) is 44.2 Å². The average Bonchev–Trinajstić information content (AvgIpc) is 2.44. The van der Waals surface area contributed by atoms with Gasteiger partial charge >= 0.3 is 0 Å². The predicted molar refractivity (Wildman–Crippen MR) is 80.8 cm³/mol. The van der Waals surface area contributed by atoms with Crippen molar-refractivity contribution in [3.8, 4) is 0 Å². The van der Waals surface area contributed by atoms with E-state index in [0.29, 0.717) is 6.54 Å². The molecule has 0 spiro atoms. The van der Waals surface area contributed by atoms with E-state index < -0.39 is 10.2 Å². The van der Waals surface area contributed by atoms with Gasteiger partial charge in [-0.2, -0.15) is 8.42 Å². The molecule has 20 heavy (non-hydrogen) atoms. The lowest BCUT2D eigenvalue weighted by atomic mass is 10.2. The van der Waals surface area contributed by atoms with Crippen LogP contribution in [0, 0.1) is 0 Å². The average molecular weight is 298 g/mol. The molecule has 1 heterocycles. The van der Waals surface area contributed by atoms with E-state index in [0.717, 1.165) is 39.1 Å². The van der Waals surface area contributed by atoms with Crippen molar-refractivity contribution >= 4 is 15.9 Å². The molecule has 0 amide bonds. The molecule has 0 aromatic heterocycles. The van der Waals surface area contributed by atoms with Crippen molar-refractivity contribution in [1.82, 2.24) is 9.62 Å². The summed E-state index contributed by atoms with van der Waals surface area (Å²) in [5.74, 6) is 0. The number of nitrogens with two attached hydrogens (primary N) is 1. The summed E-state index contributed by atoms with van der Waals surface area (Å²) < 4.78 is 23.8. The molecule has 112 valence electrons. The highest BCUT2D eigenvalue weighted by Crippen LogP contribution is 2.15. The number of nitrogens with one attached hydrogen (secondary N) is 1. The fraction of sp³-hybridized carbons (Fsp3) is 0.538. The third-order valence-electron chi connectivity index (χ3n) is 3.45. The Bertz CT molecular complexity index is 498. The zero-order chi connectivity index (χ0) is 14.4. The second kappa shape index (κ2) is 7.03. The van der Waals surface area contributed by atoms with Crippen LogP contribution < -0.4 is 14.8 Å². The molecule has 1 aliphatic rings. The largest absolute Gasteiger partial charge is 0.369 e. The summed E-state index contributed by atoms with van der Waals surface area (Å²) in [6, 6.07) is 10.4. The maximum absolute atomic E-state index is 10.7. The van der Waals surface area contributed by atoms with Crippen molar-refractivity contribution < 1.29 is 8.42 Å². The van der Waals surface area contributed by atoms with E-state index in [1.54, 1.807) is 0 Å². The molecule has 0 atom stereocenters. The molecule has 0 unspecified atom stereocenters. The first-order valence-corrected chi connectivity index (χ1v) is 8.39. The van der Waals surface area contributed by atoms with Crippen LogP contribution in [0.15, 0.2) is 30.3 Å². The second-order valence-corrected chi connectivity index (χ2v) is 6.34. The van der Waals surface area contributed by atoms with Gasteiger partial charge in [-0.25, -0.2) is 9.86 Å². The molecule has 1 aromatic carbocycles. The topological polar surface area (TPSA) is 78.7 Å². The minimum atomic E-state index is -3.55. The molecule has 1 saturated heterocycles. The van der Waals surface area contributed by atoms with Gasteiger partial charge in [-0.15, -0.1) is 0 Å². The summed E-state index contributed by atoms with van der Waals surface area (Å²) in [4.78, 5) is 4.73. The molecular formula is C13H22N4O2S. The zero-order valence-corrected chi connectivity index (χ0v) is 12.3. The Morgan fingerprint density at radius 2 is 1.75 bits per heavy atom. The van der Waals surface area contributed by atoms with Crippen LogP contribution in [0.25, 0.3) is 0 Å².